The SMILES string of the molecule is CCC1CN(C(=O)N2CCC[C@@H](C(=O)O)C2)CCO1. The minimum absolute atomic E-state index is 0.0345. The maximum absolute atomic E-state index is 12.4. The van der Waals surface area contributed by atoms with Gasteiger partial charge in [-0.05, 0) is 19.3 Å². The molecule has 0 saturated carbocycles. The molecule has 2 heterocycles. The van der Waals surface area contributed by atoms with E-state index in [2.05, 4.69) is 0 Å². The molecule has 0 spiro atoms. The zero-order valence-electron chi connectivity index (χ0n) is 11.4. The third-order valence-corrected chi connectivity index (χ3v) is 3.91. The summed E-state index contributed by atoms with van der Waals surface area (Å²) in [5, 5.41) is 9.06. The van der Waals surface area contributed by atoms with Crippen LogP contribution in [0.4, 0.5) is 4.79 Å². The molecule has 0 bridgehead atoms. The van der Waals surface area contributed by atoms with Crippen LogP contribution < -0.4 is 0 Å². The number of piperidine rings is 1. The van der Waals surface area contributed by atoms with Crippen molar-refractivity contribution in [1.82, 2.24) is 9.80 Å². The van der Waals surface area contributed by atoms with Crippen LogP contribution in [0.5, 0.6) is 0 Å². The van der Waals surface area contributed by atoms with Crippen molar-refractivity contribution in [3.63, 3.8) is 0 Å². The van der Waals surface area contributed by atoms with Crippen molar-refractivity contribution in [2.24, 2.45) is 5.92 Å². The average Bonchev–Trinajstić information content (AvgIpc) is 2.46. The first kappa shape index (κ1) is 14.1. The average molecular weight is 270 g/mol. The van der Waals surface area contributed by atoms with Gasteiger partial charge in [0.25, 0.3) is 0 Å². The van der Waals surface area contributed by atoms with Gasteiger partial charge in [-0.3, -0.25) is 4.79 Å². The molecule has 6 heteroatoms. The van der Waals surface area contributed by atoms with Crippen molar-refractivity contribution in [1.29, 1.82) is 0 Å². The molecule has 19 heavy (non-hydrogen) atoms. The molecule has 2 amide bonds. The standard InChI is InChI=1S/C13H22N2O4/c1-2-11-9-15(6-7-19-11)13(18)14-5-3-4-10(8-14)12(16)17/h10-11H,2-9H2,1H3,(H,16,17)/t10-,11?/m1/s1. The van der Waals surface area contributed by atoms with Gasteiger partial charge in [-0.15, -0.1) is 0 Å². The Balaban J connectivity index is 1.93. The summed E-state index contributed by atoms with van der Waals surface area (Å²) in [5.74, 6) is -1.22. The lowest BCUT2D eigenvalue weighted by Gasteiger charge is -2.38. The lowest BCUT2D eigenvalue weighted by Crippen LogP contribution is -2.53. The number of morpholine rings is 1. The number of urea groups is 1. The van der Waals surface area contributed by atoms with Crippen LogP contribution in [0.15, 0.2) is 0 Å². The van der Waals surface area contributed by atoms with E-state index in [0.717, 1.165) is 12.8 Å². The molecule has 2 aliphatic heterocycles. The van der Waals surface area contributed by atoms with Crippen LogP contribution in [0.3, 0.4) is 0 Å². The van der Waals surface area contributed by atoms with Crippen molar-refractivity contribution < 1.29 is 19.4 Å². The van der Waals surface area contributed by atoms with Gasteiger partial charge in [-0.1, -0.05) is 6.92 Å². The van der Waals surface area contributed by atoms with E-state index in [1.54, 1.807) is 9.80 Å². The van der Waals surface area contributed by atoms with E-state index < -0.39 is 11.9 Å². The van der Waals surface area contributed by atoms with E-state index in [4.69, 9.17) is 9.84 Å². The normalized spacial score (nSPS) is 28.3. The Morgan fingerprint density at radius 3 is 2.68 bits per heavy atom. The molecule has 2 atom stereocenters. The van der Waals surface area contributed by atoms with Crippen molar-refractivity contribution in [2.75, 3.05) is 32.8 Å². The van der Waals surface area contributed by atoms with Crippen LogP contribution >= 0.6 is 0 Å². The number of carbonyl (C=O) groups is 2. The molecule has 0 aliphatic carbocycles. The summed E-state index contributed by atoms with van der Waals surface area (Å²) in [6.45, 7) is 4.83. The van der Waals surface area contributed by atoms with Gasteiger partial charge in [0.2, 0.25) is 0 Å². The quantitative estimate of drug-likeness (QED) is 0.813. The first-order valence-corrected chi connectivity index (χ1v) is 7.00. The van der Waals surface area contributed by atoms with E-state index >= 15 is 0 Å². The van der Waals surface area contributed by atoms with Gasteiger partial charge in [0, 0.05) is 26.2 Å². The summed E-state index contributed by atoms with van der Waals surface area (Å²) in [4.78, 5) is 26.9. The smallest absolute Gasteiger partial charge is 0.320 e. The summed E-state index contributed by atoms with van der Waals surface area (Å²) in [6.07, 6.45) is 2.43. The van der Waals surface area contributed by atoms with Gasteiger partial charge in [-0.25, -0.2) is 4.79 Å². The Morgan fingerprint density at radius 1 is 1.26 bits per heavy atom. The largest absolute Gasteiger partial charge is 0.481 e. The third-order valence-electron chi connectivity index (χ3n) is 3.91. The summed E-state index contributed by atoms with van der Waals surface area (Å²) in [5.41, 5.74) is 0. The molecular formula is C13H22N2O4. The van der Waals surface area contributed by atoms with E-state index in [-0.39, 0.29) is 12.1 Å². The maximum atomic E-state index is 12.4. The Morgan fingerprint density at radius 2 is 2.00 bits per heavy atom. The number of carboxylic acids is 1. The van der Waals surface area contributed by atoms with E-state index in [0.29, 0.717) is 39.2 Å². The molecule has 1 N–H and O–H groups in total. The van der Waals surface area contributed by atoms with Gasteiger partial charge in [-0.2, -0.15) is 0 Å². The number of aliphatic carboxylic acids is 1. The number of ether oxygens (including phenoxy) is 1. The fourth-order valence-electron chi connectivity index (χ4n) is 2.69. The molecule has 1 unspecified atom stereocenters. The molecule has 0 aromatic rings. The number of rotatable bonds is 2. The molecule has 2 fully saturated rings. The molecule has 0 aromatic carbocycles. The van der Waals surface area contributed by atoms with Crippen LogP contribution in [0, 0.1) is 5.92 Å². The van der Waals surface area contributed by atoms with Gasteiger partial charge >= 0.3 is 12.0 Å². The monoisotopic (exact) mass is 270 g/mol. The highest BCUT2D eigenvalue weighted by molar-refractivity contribution is 5.76. The Kier molecular flexibility index (Phi) is 4.63. The van der Waals surface area contributed by atoms with Crippen molar-refractivity contribution in [2.45, 2.75) is 32.3 Å². The number of hydrogen-bond donors (Lipinski definition) is 1. The second-order valence-electron chi connectivity index (χ2n) is 5.25. The van der Waals surface area contributed by atoms with Crippen molar-refractivity contribution in [3.05, 3.63) is 0 Å². The van der Waals surface area contributed by atoms with Crippen LogP contribution in [-0.2, 0) is 9.53 Å². The van der Waals surface area contributed by atoms with E-state index in [9.17, 15) is 9.59 Å². The maximum Gasteiger partial charge on any atom is 0.320 e. The fourth-order valence-corrected chi connectivity index (χ4v) is 2.69. The number of nitrogens with zero attached hydrogens (tertiary/aromatic N) is 2. The van der Waals surface area contributed by atoms with Crippen LogP contribution in [-0.4, -0.2) is 65.8 Å². The van der Waals surface area contributed by atoms with Gasteiger partial charge in [0.15, 0.2) is 0 Å². The highest BCUT2D eigenvalue weighted by atomic mass is 16.5. The minimum Gasteiger partial charge on any atom is -0.481 e. The van der Waals surface area contributed by atoms with Crippen LogP contribution in [0.25, 0.3) is 0 Å². The molecule has 2 aliphatic rings. The van der Waals surface area contributed by atoms with E-state index in [1.165, 1.54) is 0 Å². The first-order chi connectivity index (χ1) is 9.11. The summed E-state index contributed by atoms with van der Waals surface area (Å²) in [6, 6.07) is -0.0345. The van der Waals surface area contributed by atoms with Crippen LogP contribution in [0.2, 0.25) is 0 Å². The van der Waals surface area contributed by atoms with Crippen molar-refractivity contribution >= 4 is 12.0 Å². The predicted octanol–water partition coefficient (Wildman–Crippen LogP) is 1.01. The minimum atomic E-state index is -0.800. The second kappa shape index (κ2) is 6.23. The Labute approximate surface area is 113 Å². The van der Waals surface area contributed by atoms with Crippen LogP contribution in [0.1, 0.15) is 26.2 Å². The zero-order valence-corrected chi connectivity index (χ0v) is 11.4. The lowest BCUT2D eigenvalue weighted by molar-refractivity contribution is -0.143. The topological polar surface area (TPSA) is 70.1 Å². The second-order valence-corrected chi connectivity index (χ2v) is 5.25. The molecule has 2 rings (SSSR count). The van der Waals surface area contributed by atoms with Gasteiger partial charge in [0.05, 0.1) is 18.6 Å². The summed E-state index contributed by atoms with van der Waals surface area (Å²) < 4.78 is 5.55. The molecule has 108 valence electrons. The number of carbonyl (C=O) groups excluding carboxylic acids is 1. The third kappa shape index (κ3) is 3.37. The number of likely N-dealkylation sites (tertiary alicyclic amines) is 1. The molecule has 0 radical (unpaired) electrons. The lowest BCUT2D eigenvalue weighted by atomic mass is 9.98. The van der Waals surface area contributed by atoms with Gasteiger partial charge < -0.3 is 19.6 Å². The highest BCUT2D eigenvalue weighted by Gasteiger charge is 2.32. The predicted molar refractivity (Wildman–Crippen MR) is 68.9 cm³/mol. The number of hydrogen-bond acceptors (Lipinski definition) is 3. The van der Waals surface area contributed by atoms with Gasteiger partial charge in [0.1, 0.15) is 0 Å². The Bertz CT molecular complexity index is 348. The van der Waals surface area contributed by atoms with E-state index in [1.807, 2.05) is 6.92 Å². The summed E-state index contributed by atoms with van der Waals surface area (Å²) in [7, 11) is 0. The summed E-state index contributed by atoms with van der Waals surface area (Å²) >= 11 is 0. The molecule has 6 nitrogen and oxygen atoms in total. The molecular weight excluding hydrogens is 248 g/mol. The number of amides is 2. The fraction of sp³-hybridized carbons (Fsp3) is 0.846. The molecule has 0 aromatic heterocycles. The first-order valence-electron chi connectivity index (χ1n) is 7.00. The number of carboxylic acid groups (broad SMARTS) is 1. The zero-order chi connectivity index (χ0) is 13.8. The van der Waals surface area contributed by atoms with Crippen molar-refractivity contribution in [3.8, 4) is 0 Å². The molecule has 2 saturated heterocycles. The highest BCUT2D eigenvalue weighted by Crippen LogP contribution is 2.19. The Hall–Kier alpha value is -1.30.